The van der Waals surface area contributed by atoms with Crippen molar-refractivity contribution in [3.8, 4) is 0 Å². The van der Waals surface area contributed by atoms with Gasteiger partial charge in [0.1, 0.15) is 11.6 Å². The van der Waals surface area contributed by atoms with Gasteiger partial charge in [-0.3, -0.25) is 14.5 Å². The number of aromatic nitrogens is 1. The second-order valence-electron chi connectivity index (χ2n) is 6.48. The van der Waals surface area contributed by atoms with Crippen molar-refractivity contribution in [2.75, 3.05) is 30.3 Å². The Balaban J connectivity index is 1.51. The normalized spacial score (nSPS) is 17.3. The highest BCUT2D eigenvalue weighted by molar-refractivity contribution is 6.30. The lowest BCUT2D eigenvalue weighted by Crippen LogP contribution is -2.44. The van der Waals surface area contributed by atoms with Gasteiger partial charge in [0, 0.05) is 18.4 Å². The second kappa shape index (κ2) is 8.92. The topological polar surface area (TPSA) is 74.3 Å². The summed E-state index contributed by atoms with van der Waals surface area (Å²) in [5.74, 6) is -0.539. The predicted molar refractivity (Wildman–Crippen MR) is 102 cm³/mol. The van der Waals surface area contributed by atoms with Gasteiger partial charge in [-0.15, -0.1) is 0 Å². The van der Waals surface area contributed by atoms with E-state index in [4.69, 9.17) is 11.6 Å². The number of likely N-dealkylation sites (tertiary alicyclic amines) is 1. The molecule has 1 fully saturated rings. The van der Waals surface area contributed by atoms with Crippen molar-refractivity contribution in [1.29, 1.82) is 0 Å². The molecule has 0 bridgehead atoms. The Labute approximate surface area is 161 Å². The SMILES string of the molecule is O=C(CN1CCC[C@H](C(=O)Nc2ccc(Cl)cn2)C1)Nc1cccc(F)c1. The van der Waals surface area contributed by atoms with Crippen LogP contribution < -0.4 is 10.6 Å². The third-order valence-electron chi connectivity index (χ3n) is 4.33. The number of nitrogens with one attached hydrogen (secondary N) is 2. The molecule has 1 aliphatic rings. The summed E-state index contributed by atoms with van der Waals surface area (Å²) in [5, 5.41) is 5.96. The number of hydrogen-bond acceptors (Lipinski definition) is 4. The molecule has 0 unspecified atom stereocenters. The fraction of sp³-hybridized carbons (Fsp3) is 0.316. The molecule has 2 heterocycles. The molecule has 0 radical (unpaired) electrons. The van der Waals surface area contributed by atoms with E-state index in [1.165, 1.54) is 24.4 Å². The highest BCUT2D eigenvalue weighted by Gasteiger charge is 2.27. The number of piperidine rings is 1. The van der Waals surface area contributed by atoms with E-state index in [-0.39, 0.29) is 24.3 Å². The van der Waals surface area contributed by atoms with E-state index < -0.39 is 5.82 Å². The summed E-state index contributed by atoms with van der Waals surface area (Å²) in [7, 11) is 0. The Hall–Kier alpha value is -2.51. The molecule has 27 heavy (non-hydrogen) atoms. The van der Waals surface area contributed by atoms with Gasteiger partial charge >= 0.3 is 0 Å². The summed E-state index contributed by atoms with van der Waals surface area (Å²) < 4.78 is 13.2. The van der Waals surface area contributed by atoms with Crippen molar-refractivity contribution in [3.05, 3.63) is 53.4 Å². The molecule has 2 aromatic rings. The van der Waals surface area contributed by atoms with Crippen molar-refractivity contribution in [3.63, 3.8) is 0 Å². The lowest BCUT2D eigenvalue weighted by molar-refractivity contribution is -0.123. The molecule has 1 saturated heterocycles. The second-order valence-corrected chi connectivity index (χ2v) is 6.92. The Bertz CT molecular complexity index is 816. The number of pyridine rings is 1. The van der Waals surface area contributed by atoms with Crippen molar-refractivity contribution in [1.82, 2.24) is 9.88 Å². The van der Waals surface area contributed by atoms with Gasteiger partial charge in [-0.1, -0.05) is 17.7 Å². The van der Waals surface area contributed by atoms with E-state index in [1.807, 2.05) is 4.90 Å². The number of amides is 2. The Morgan fingerprint density at radius 1 is 1.26 bits per heavy atom. The summed E-state index contributed by atoms with van der Waals surface area (Å²) in [6, 6.07) is 9.06. The third kappa shape index (κ3) is 5.74. The Morgan fingerprint density at radius 3 is 2.85 bits per heavy atom. The molecule has 0 saturated carbocycles. The van der Waals surface area contributed by atoms with Gasteiger partial charge < -0.3 is 10.6 Å². The van der Waals surface area contributed by atoms with E-state index in [0.717, 1.165) is 19.4 Å². The first-order valence-corrected chi connectivity index (χ1v) is 9.07. The first kappa shape index (κ1) is 19.3. The summed E-state index contributed by atoms with van der Waals surface area (Å²) in [4.78, 5) is 30.6. The van der Waals surface area contributed by atoms with Gasteiger partial charge in [0.15, 0.2) is 0 Å². The zero-order valence-electron chi connectivity index (χ0n) is 14.6. The average Bonchev–Trinajstić information content (AvgIpc) is 2.63. The summed E-state index contributed by atoms with van der Waals surface area (Å²) >= 11 is 5.79. The Morgan fingerprint density at radius 2 is 2.11 bits per heavy atom. The standard InChI is InChI=1S/C19H20ClFN4O2/c20-14-6-7-17(22-10-14)24-19(27)13-3-2-8-25(11-13)12-18(26)23-16-5-1-4-15(21)9-16/h1,4-7,9-10,13H,2-3,8,11-12H2,(H,23,26)(H,22,24,27)/t13-/m0/s1. The molecule has 142 valence electrons. The maximum atomic E-state index is 13.2. The minimum atomic E-state index is -0.404. The van der Waals surface area contributed by atoms with Gasteiger partial charge in [0.2, 0.25) is 11.8 Å². The molecule has 2 N–H and O–H groups in total. The zero-order chi connectivity index (χ0) is 19.2. The monoisotopic (exact) mass is 390 g/mol. The number of anilines is 2. The van der Waals surface area contributed by atoms with Crippen LogP contribution >= 0.6 is 11.6 Å². The molecule has 1 aliphatic heterocycles. The van der Waals surface area contributed by atoms with Crippen LogP contribution in [0.15, 0.2) is 42.6 Å². The van der Waals surface area contributed by atoms with Gasteiger partial charge in [0.05, 0.1) is 17.5 Å². The van der Waals surface area contributed by atoms with Crippen LogP contribution in [0.5, 0.6) is 0 Å². The number of nitrogens with zero attached hydrogens (tertiary/aromatic N) is 2. The first-order valence-electron chi connectivity index (χ1n) is 8.70. The number of benzene rings is 1. The highest BCUT2D eigenvalue weighted by Crippen LogP contribution is 2.19. The van der Waals surface area contributed by atoms with Crippen LogP contribution in [0.1, 0.15) is 12.8 Å². The lowest BCUT2D eigenvalue weighted by atomic mass is 9.97. The fourth-order valence-corrected chi connectivity index (χ4v) is 3.17. The van der Waals surface area contributed by atoms with Crippen molar-refractivity contribution >= 4 is 34.9 Å². The molecular weight excluding hydrogens is 371 g/mol. The van der Waals surface area contributed by atoms with E-state index in [0.29, 0.717) is 23.1 Å². The number of hydrogen-bond donors (Lipinski definition) is 2. The lowest BCUT2D eigenvalue weighted by Gasteiger charge is -2.31. The van der Waals surface area contributed by atoms with Crippen LogP contribution in [0.25, 0.3) is 0 Å². The van der Waals surface area contributed by atoms with Gasteiger partial charge in [-0.05, 0) is 49.7 Å². The molecule has 1 aromatic heterocycles. The zero-order valence-corrected chi connectivity index (χ0v) is 15.4. The van der Waals surface area contributed by atoms with Crippen LogP contribution in [0, 0.1) is 11.7 Å². The van der Waals surface area contributed by atoms with E-state index in [2.05, 4.69) is 15.6 Å². The molecular formula is C19H20ClFN4O2. The first-order chi connectivity index (χ1) is 13.0. The largest absolute Gasteiger partial charge is 0.325 e. The number of halogens is 2. The van der Waals surface area contributed by atoms with Crippen molar-refractivity contribution < 1.29 is 14.0 Å². The molecule has 8 heteroatoms. The van der Waals surface area contributed by atoms with Crippen molar-refractivity contribution in [2.24, 2.45) is 5.92 Å². The van der Waals surface area contributed by atoms with Crippen LogP contribution in [0.2, 0.25) is 5.02 Å². The van der Waals surface area contributed by atoms with Crippen LogP contribution in [0.3, 0.4) is 0 Å². The van der Waals surface area contributed by atoms with Crippen LogP contribution in [0.4, 0.5) is 15.9 Å². The smallest absolute Gasteiger partial charge is 0.238 e. The summed E-state index contributed by atoms with van der Waals surface area (Å²) in [6.45, 7) is 1.37. The maximum absolute atomic E-state index is 13.2. The average molecular weight is 391 g/mol. The molecule has 2 amide bonds. The molecule has 1 aromatic carbocycles. The molecule has 1 atom stereocenters. The van der Waals surface area contributed by atoms with E-state index in [1.54, 1.807) is 18.2 Å². The van der Waals surface area contributed by atoms with Gasteiger partial charge in [0.25, 0.3) is 0 Å². The van der Waals surface area contributed by atoms with E-state index >= 15 is 0 Å². The van der Waals surface area contributed by atoms with Gasteiger partial charge in [-0.25, -0.2) is 9.37 Å². The quantitative estimate of drug-likeness (QED) is 0.822. The minimum absolute atomic E-state index is 0.125. The van der Waals surface area contributed by atoms with Gasteiger partial charge in [-0.2, -0.15) is 0 Å². The number of carbonyl (C=O) groups is 2. The predicted octanol–water partition coefficient (Wildman–Crippen LogP) is 3.16. The third-order valence-corrected chi connectivity index (χ3v) is 4.55. The molecule has 3 rings (SSSR count). The molecule has 6 nitrogen and oxygen atoms in total. The fourth-order valence-electron chi connectivity index (χ4n) is 3.06. The summed E-state index contributed by atoms with van der Waals surface area (Å²) in [6.07, 6.45) is 3.04. The van der Waals surface area contributed by atoms with Crippen LogP contribution in [-0.2, 0) is 9.59 Å². The van der Waals surface area contributed by atoms with E-state index in [9.17, 15) is 14.0 Å². The Kier molecular flexibility index (Phi) is 6.36. The highest BCUT2D eigenvalue weighted by atomic mass is 35.5. The molecule has 0 spiro atoms. The maximum Gasteiger partial charge on any atom is 0.238 e. The van der Waals surface area contributed by atoms with Crippen LogP contribution in [-0.4, -0.2) is 41.3 Å². The number of carbonyl (C=O) groups excluding carboxylic acids is 2. The van der Waals surface area contributed by atoms with Crippen molar-refractivity contribution in [2.45, 2.75) is 12.8 Å². The molecule has 0 aliphatic carbocycles. The minimum Gasteiger partial charge on any atom is -0.325 e. The number of rotatable bonds is 5. The summed E-state index contributed by atoms with van der Waals surface area (Å²) in [5.41, 5.74) is 0.417.